The number of methoxy groups -OCH3 is 1. The van der Waals surface area contributed by atoms with Crippen LogP contribution in [0, 0.1) is 11.6 Å². The van der Waals surface area contributed by atoms with Crippen LogP contribution in [0.1, 0.15) is 58.9 Å². The van der Waals surface area contributed by atoms with E-state index < -0.39 is 49.7 Å². The van der Waals surface area contributed by atoms with E-state index >= 15 is 4.39 Å². The summed E-state index contributed by atoms with van der Waals surface area (Å²) in [6, 6.07) is 3.45. The summed E-state index contributed by atoms with van der Waals surface area (Å²) in [4.78, 5) is 19.3. The predicted octanol–water partition coefficient (Wildman–Crippen LogP) is 6.30. The smallest absolute Gasteiger partial charge is 0.434 e. The Morgan fingerprint density at radius 3 is 2.41 bits per heavy atom. The molecule has 0 saturated carbocycles. The molecule has 4 aromatic rings. The molecule has 13 nitrogen and oxygen atoms in total. The van der Waals surface area contributed by atoms with Gasteiger partial charge in [-0.15, -0.1) is 0 Å². The number of fused-ring (bicyclic) bond motifs is 1. The van der Waals surface area contributed by atoms with Gasteiger partial charge in [-0.3, -0.25) is 19.1 Å². The second-order valence-electron chi connectivity index (χ2n) is 12.7. The van der Waals surface area contributed by atoms with Crippen LogP contribution in [0.5, 0.6) is 5.75 Å². The predicted molar refractivity (Wildman–Crippen MR) is 184 cm³/mol. The molecule has 0 spiro atoms. The van der Waals surface area contributed by atoms with Gasteiger partial charge in [-0.05, 0) is 57.2 Å². The maximum Gasteiger partial charge on any atom is 0.434 e. The van der Waals surface area contributed by atoms with Crippen molar-refractivity contribution in [3.05, 3.63) is 54.2 Å². The lowest BCUT2D eigenvalue weighted by Crippen LogP contribution is -2.63. The van der Waals surface area contributed by atoms with Gasteiger partial charge in [0.05, 0.1) is 55.3 Å². The zero-order valence-corrected chi connectivity index (χ0v) is 29.9. The Bertz CT molecular complexity index is 1870. The van der Waals surface area contributed by atoms with Crippen molar-refractivity contribution in [1.82, 2.24) is 24.5 Å². The minimum absolute atomic E-state index is 0.0356. The minimum atomic E-state index is -3.92. The highest BCUT2D eigenvalue weighted by Gasteiger charge is 2.43. The number of aliphatic hydroxyl groups excluding tert-OH is 1. The molecule has 0 amide bonds. The lowest BCUT2D eigenvalue weighted by Gasteiger charge is -2.44. The number of imidazole rings is 1. The highest BCUT2D eigenvalue weighted by molar-refractivity contribution is 7.55. The van der Waals surface area contributed by atoms with Gasteiger partial charge in [-0.25, -0.2) is 37.1 Å². The van der Waals surface area contributed by atoms with Gasteiger partial charge in [0.15, 0.2) is 28.5 Å². The second kappa shape index (κ2) is 15.8. The van der Waals surface area contributed by atoms with Crippen LogP contribution in [0.4, 0.5) is 29.1 Å². The maximum atomic E-state index is 15.2. The van der Waals surface area contributed by atoms with E-state index in [9.17, 15) is 22.8 Å². The Morgan fingerprint density at radius 2 is 1.76 bits per heavy atom. The van der Waals surface area contributed by atoms with Crippen LogP contribution in [-0.2, 0) is 20.2 Å². The molecule has 1 aliphatic heterocycles. The first kappa shape index (κ1) is 38.3. The monoisotopic (exact) mass is 738 g/mol. The SMILES string of the molecule is CCC(C)OP(=O)(Nc1ncnc2c1ncn2Cc1cc(-c2cc(F)c(OC)cc2F)ncc1N1CCC[C@](N)([C@H](O)C(F)F)C1)OC(C)CC. The van der Waals surface area contributed by atoms with Gasteiger partial charge in [0.25, 0.3) is 6.43 Å². The van der Waals surface area contributed by atoms with Crippen molar-refractivity contribution in [2.45, 2.75) is 90.2 Å². The summed E-state index contributed by atoms with van der Waals surface area (Å²) >= 11 is 0. The van der Waals surface area contributed by atoms with Crippen LogP contribution in [0.3, 0.4) is 0 Å². The Labute approximate surface area is 293 Å². The van der Waals surface area contributed by atoms with Crippen molar-refractivity contribution >= 4 is 30.4 Å². The number of halogens is 4. The number of rotatable bonds is 15. The highest BCUT2D eigenvalue weighted by Crippen LogP contribution is 2.51. The fraction of sp³-hybridized carbons (Fsp3) is 0.515. The molecule has 4 N–H and O–H groups in total. The molecule has 1 saturated heterocycles. The Morgan fingerprint density at radius 1 is 1.06 bits per heavy atom. The maximum absolute atomic E-state index is 15.2. The summed E-state index contributed by atoms with van der Waals surface area (Å²) in [6.07, 6.45) is -0.0291. The van der Waals surface area contributed by atoms with Crippen molar-refractivity contribution in [2.75, 3.05) is 30.2 Å². The molecule has 4 heterocycles. The van der Waals surface area contributed by atoms with Crippen LogP contribution in [-0.4, -0.2) is 80.1 Å². The van der Waals surface area contributed by atoms with Crippen molar-refractivity contribution < 1.29 is 41.0 Å². The number of nitrogens with zero attached hydrogens (tertiary/aromatic N) is 6. The molecule has 0 aliphatic carbocycles. The average molecular weight is 739 g/mol. The number of anilines is 2. The zero-order chi connectivity index (χ0) is 37.1. The van der Waals surface area contributed by atoms with Gasteiger partial charge in [-0.2, -0.15) is 0 Å². The number of hydrogen-bond acceptors (Lipinski definition) is 11. The van der Waals surface area contributed by atoms with E-state index in [-0.39, 0.29) is 47.9 Å². The Hall–Kier alpha value is -3.89. The molecule has 51 heavy (non-hydrogen) atoms. The molecule has 1 aliphatic rings. The molecule has 278 valence electrons. The lowest BCUT2D eigenvalue weighted by atomic mass is 9.84. The molecule has 5 rings (SSSR count). The molecule has 18 heteroatoms. The molecular formula is C33H43F4N8O5P. The summed E-state index contributed by atoms with van der Waals surface area (Å²) in [5.41, 5.74) is 6.21. The fourth-order valence-electron chi connectivity index (χ4n) is 5.83. The van der Waals surface area contributed by atoms with Crippen LogP contribution in [0.15, 0.2) is 37.1 Å². The van der Waals surface area contributed by atoms with Gasteiger partial charge >= 0.3 is 7.75 Å². The third-order valence-electron chi connectivity index (χ3n) is 8.98. The Kier molecular flexibility index (Phi) is 11.9. The minimum Gasteiger partial charge on any atom is -0.494 e. The van der Waals surface area contributed by atoms with Crippen LogP contribution in [0.2, 0.25) is 0 Å². The van der Waals surface area contributed by atoms with Crippen molar-refractivity contribution in [3.63, 3.8) is 0 Å². The number of ether oxygens (including phenoxy) is 1. The number of nitrogens with two attached hydrogens (primary N) is 1. The van der Waals surface area contributed by atoms with Crippen LogP contribution in [0.25, 0.3) is 22.4 Å². The number of pyridine rings is 1. The van der Waals surface area contributed by atoms with Gasteiger partial charge in [0.2, 0.25) is 0 Å². The van der Waals surface area contributed by atoms with E-state index in [2.05, 4.69) is 25.0 Å². The fourth-order valence-corrected chi connectivity index (χ4v) is 7.66. The first-order chi connectivity index (χ1) is 24.2. The van der Waals surface area contributed by atoms with Crippen molar-refractivity contribution in [2.24, 2.45) is 5.73 Å². The zero-order valence-electron chi connectivity index (χ0n) is 29.0. The van der Waals surface area contributed by atoms with E-state index in [1.165, 1.54) is 26.0 Å². The summed E-state index contributed by atoms with van der Waals surface area (Å²) in [5.74, 6) is -1.75. The third kappa shape index (κ3) is 8.44. The van der Waals surface area contributed by atoms with E-state index in [0.717, 1.165) is 12.1 Å². The average Bonchev–Trinajstić information content (AvgIpc) is 3.51. The van der Waals surface area contributed by atoms with Gasteiger partial charge in [-0.1, -0.05) is 13.8 Å². The quantitative estimate of drug-likeness (QED) is 0.0924. The van der Waals surface area contributed by atoms with Crippen LogP contribution < -0.4 is 20.5 Å². The summed E-state index contributed by atoms with van der Waals surface area (Å²) in [7, 11) is -2.70. The summed E-state index contributed by atoms with van der Waals surface area (Å²) in [5, 5.41) is 13.1. The standard InChI is InChI=1S/C33H43F4N8O5P/c1-6-19(3)49-51(47,50-20(4)7-2)43-31-28-32(41-17-40-31)45(18-42-28)15-21-11-25(22-12-24(35)27(48-5)13-23(22)34)39-14-26(21)44-10-8-9-33(38,16-44)29(46)30(36)37/h11-14,17-20,29-30,46H,6-10,15-16,38H2,1-5H3,(H,40,41,43,47)/t19?,20?,29-,33-,51?/m1/s1. The molecule has 1 aromatic carbocycles. The van der Waals surface area contributed by atoms with Gasteiger partial charge < -0.3 is 25.0 Å². The van der Waals surface area contributed by atoms with Crippen molar-refractivity contribution in [1.29, 1.82) is 0 Å². The summed E-state index contributed by atoms with van der Waals surface area (Å²) < 4.78 is 89.3. The highest BCUT2D eigenvalue weighted by atomic mass is 31.2. The lowest BCUT2D eigenvalue weighted by molar-refractivity contribution is -0.0529. The first-order valence-electron chi connectivity index (χ1n) is 16.6. The van der Waals surface area contributed by atoms with E-state index in [0.29, 0.717) is 42.7 Å². The molecule has 0 radical (unpaired) electrons. The van der Waals surface area contributed by atoms with Gasteiger partial charge in [0.1, 0.15) is 18.2 Å². The molecule has 1 fully saturated rings. The van der Waals surface area contributed by atoms with Crippen LogP contribution >= 0.6 is 7.75 Å². The van der Waals surface area contributed by atoms with Crippen molar-refractivity contribution in [3.8, 4) is 17.0 Å². The number of nitrogens with one attached hydrogen (secondary N) is 1. The number of hydrogen-bond donors (Lipinski definition) is 3. The van der Waals surface area contributed by atoms with E-state index in [1.807, 2.05) is 13.8 Å². The molecule has 0 bridgehead atoms. The van der Waals surface area contributed by atoms with E-state index in [4.69, 9.17) is 19.5 Å². The number of piperidine rings is 1. The Balaban J connectivity index is 1.57. The van der Waals surface area contributed by atoms with Gasteiger partial charge in [0, 0.05) is 24.7 Å². The number of alkyl halides is 2. The third-order valence-corrected chi connectivity index (χ3v) is 10.7. The largest absolute Gasteiger partial charge is 0.494 e. The molecular weight excluding hydrogens is 695 g/mol. The number of benzene rings is 1. The summed E-state index contributed by atoms with van der Waals surface area (Å²) in [6.45, 7) is 7.64. The number of aromatic nitrogens is 5. The topological polar surface area (TPSA) is 163 Å². The number of aliphatic hydroxyl groups is 1. The molecule has 3 aromatic heterocycles. The molecule has 2 unspecified atom stereocenters. The first-order valence-corrected chi connectivity index (χ1v) is 18.2. The molecule has 4 atom stereocenters. The normalized spacial score (nSPS) is 19.6. The second-order valence-corrected chi connectivity index (χ2v) is 14.4. The van der Waals surface area contributed by atoms with E-state index in [1.54, 1.807) is 29.4 Å².